The molecule has 5 N–H and O–H groups in total. The summed E-state index contributed by atoms with van der Waals surface area (Å²) < 4.78 is 0. The second-order valence-corrected chi connectivity index (χ2v) is 13.0. The Morgan fingerprint density at radius 2 is 1.18 bits per heavy atom. The summed E-state index contributed by atoms with van der Waals surface area (Å²) in [6, 6.07) is 0. The van der Waals surface area contributed by atoms with Crippen molar-refractivity contribution in [3.8, 4) is 0 Å². The lowest BCUT2D eigenvalue weighted by molar-refractivity contribution is -0.181. The molecule has 0 aromatic rings. The van der Waals surface area contributed by atoms with Crippen LogP contribution in [0, 0.1) is 23.2 Å². The van der Waals surface area contributed by atoms with Gasteiger partial charge in [0.25, 0.3) is 0 Å². The minimum absolute atomic E-state index is 0.00343. The van der Waals surface area contributed by atoms with Crippen molar-refractivity contribution in [3.63, 3.8) is 0 Å². The molecule has 0 spiro atoms. The lowest BCUT2D eigenvalue weighted by Crippen LogP contribution is -2.63. The SMILES string of the molecule is CCCCCCCCCCCCCC(C(=O)O)(C1CC(C)(C)NC(C)(C)C1)C(C(=O)O)C(CC(=O)O)C(=O)O. The molecule has 39 heavy (non-hydrogen) atoms. The third-order valence-electron chi connectivity index (χ3n) is 8.45. The summed E-state index contributed by atoms with van der Waals surface area (Å²) in [4.78, 5) is 49.7. The zero-order valence-corrected chi connectivity index (χ0v) is 24.8. The Bertz CT molecular complexity index is 808. The normalized spacial score (nSPS) is 20.0. The molecule has 9 heteroatoms. The summed E-state index contributed by atoms with van der Waals surface area (Å²) in [5.74, 6) is -10.4. The summed E-state index contributed by atoms with van der Waals surface area (Å²) >= 11 is 0. The van der Waals surface area contributed by atoms with Crippen LogP contribution in [0.25, 0.3) is 0 Å². The molecule has 1 heterocycles. The van der Waals surface area contributed by atoms with Crippen molar-refractivity contribution in [1.82, 2.24) is 5.32 Å². The number of hydrogen-bond donors (Lipinski definition) is 5. The van der Waals surface area contributed by atoms with Crippen LogP contribution in [0.1, 0.15) is 131 Å². The largest absolute Gasteiger partial charge is 0.481 e. The zero-order valence-electron chi connectivity index (χ0n) is 24.8. The number of carboxylic acids is 4. The first-order valence-corrected chi connectivity index (χ1v) is 14.8. The first kappa shape index (κ1) is 34.9. The molecule has 1 aliphatic rings. The number of aliphatic carboxylic acids is 4. The molecule has 1 rings (SSSR count). The van der Waals surface area contributed by atoms with Gasteiger partial charge in [-0.1, -0.05) is 77.6 Å². The Morgan fingerprint density at radius 3 is 1.54 bits per heavy atom. The van der Waals surface area contributed by atoms with Crippen molar-refractivity contribution in [1.29, 1.82) is 0 Å². The molecule has 0 bridgehead atoms. The number of hydrogen-bond acceptors (Lipinski definition) is 5. The van der Waals surface area contributed by atoms with E-state index in [-0.39, 0.29) is 6.42 Å². The van der Waals surface area contributed by atoms with E-state index in [0.29, 0.717) is 25.7 Å². The fourth-order valence-corrected chi connectivity index (χ4v) is 7.08. The maximum absolute atomic E-state index is 13.2. The molecule has 0 saturated carbocycles. The minimum Gasteiger partial charge on any atom is -0.481 e. The molecule has 0 radical (unpaired) electrons. The fraction of sp³-hybridized carbons (Fsp3) is 0.867. The number of unbranched alkanes of at least 4 members (excludes halogenated alkanes) is 10. The molecule has 1 fully saturated rings. The van der Waals surface area contributed by atoms with E-state index in [4.69, 9.17) is 0 Å². The average molecular weight is 556 g/mol. The Hall–Kier alpha value is -2.16. The third kappa shape index (κ3) is 10.7. The zero-order chi connectivity index (χ0) is 29.9. The molecule has 9 nitrogen and oxygen atoms in total. The Balaban J connectivity index is 3.22. The number of carbonyl (C=O) groups is 4. The lowest BCUT2D eigenvalue weighted by Gasteiger charge is -2.53. The molecule has 3 unspecified atom stereocenters. The van der Waals surface area contributed by atoms with Gasteiger partial charge in [-0.3, -0.25) is 19.2 Å². The van der Waals surface area contributed by atoms with E-state index < -0.39 is 64.5 Å². The number of piperidine rings is 1. The highest BCUT2D eigenvalue weighted by Crippen LogP contribution is 2.53. The van der Waals surface area contributed by atoms with Crippen LogP contribution in [-0.2, 0) is 19.2 Å². The highest BCUT2D eigenvalue weighted by molar-refractivity contribution is 5.89. The molecule has 1 aliphatic heterocycles. The summed E-state index contributed by atoms with van der Waals surface area (Å²) in [6.45, 7) is 9.91. The molecule has 0 aliphatic carbocycles. The van der Waals surface area contributed by atoms with Gasteiger partial charge >= 0.3 is 23.9 Å². The second-order valence-electron chi connectivity index (χ2n) is 13.0. The lowest BCUT2D eigenvalue weighted by atomic mass is 9.54. The van der Waals surface area contributed by atoms with Crippen LogP contribution in [0.5, 0.6) is 0 Å². The van der Waals surface area contributed by atoms with E-state index in [9.17, 15) is 39.6 Å². The van der Waals surface area contributed by atoms with Gasteiger partial charge < -0.3 is 25.7 Å². The first-order valence-electron chi connectivity index (χ1n) is 14.8. The van der Waals surface area contributed by atoms with Crippen LogP contribution in [0.3, 0.4) is 0 Å². The van der Waals surface area contributed by atoms with Crippen LogP contribution in [0.2, 0.25) is 0 Å². The number of rotatable bonds is 20. The molecular weight excluding hydrogens is 502 g/mol. The standard InChI is InChI=1S/C30H53NO8/c1-6-7-8-9-10-11-12-13-14-15-16-17-30(27(38)39,21-19-28(2,3)31-29(4,5)20-21)24(26(36)37)22(25(34)35)18-23(32)33/h21-22,24,31H,6-20H2,1-5H3,(H,32,33)(H,34,35)(H,36,37)(H,38,39). The van der Waals surface area contributed by atoms with E-state index in [2.05, 4.69) is 12.2 Å². The molecule has 1 saturated heterocycles. The van der Waals surface area contributed by atoms with Crippen molar-refractivity contribution >= 4 is 23.9 Å². The predicted octanol–water partition coefficient (Wildman–Crippen LogP) is 6.19. The maximum atomic E-state index is 13.2. The predicted molar refractivity (Wildman–Crippen MR) is 150 cm³/mol. The summed E-state index contributed by atoms with van der Waals surface area (Å²) in [6.07, 6.45) is 11.3. The smallest absolute Gasteiger partial charge is 0.310 e. The van der Waals surface area contributed by atoms with Gasteiger partial charge in [0.2, 0.25) is 0 Å². The second kappa shape index (κ2) is 15.6. The van der Waals surface area contributed by atoms with Crippen LogP contribution < -0.4 is 5.32 Å². The van der Waals surface area contributed by atoms with Gasteiger partial charge in [-0.25, -0.2) is 0 Å². The third-order valence-corrected chi connectivity index (χ3v) is 8.45. The van der Waals surface area contributed by atoms with Gasteiger partial charge in [0.15, 0.2) is 0 Å². The van der Waals surface area contributed by atoms with Crippen molar-refractivity contribution in [2.75, 3.05) is 0 Å². The van der Waals surface area contributed by atoms with Crippen LogP contribution in [0.4, 0.5) is 0 Å². The maximum Gasteiger partial charge on any atom is 0.310 e. The summed E-state index contributed by atoms with van der Waals surface area (Å²) in [7, 11) is 0. The van der Waals surface area contributed by atoms with Gasteiger partial charge in [-0.05, 0) is 52.9 Å². The van der Waals surface area contributed by atoms with Crippen molar-refractivity contribution in [2.45, 2.75) is 142 Å². The van der Waals surface area contributed by atoms with Gasteiger partial charge in [0.05, 0.1) is 23.7 Å². The van der Waals surface area contributed by atoms with E-state index in [1.807, 2.05) is 27.7 Å². The van der Waals surface area contributed by atoms with Crippen LogP contribution >= 0.6 is 0 Å². The highest BCUT2D eigenvalue weighted by atomic mass is 16.4. The van der Waals surface area contributed by atoms with E-state index in [1.54, 1.807) is 0 Å². The topological polar surface area (TPSA) is 161 Å². The summed E-state index contributed by atoms with van der Waals surface area (Å²) in [5.41, 5.74) is -2.95. The molecule has 0 aromatic heterocycles. The fourth-order valence-electron chi connectivity index (χ4n) is 7.08. The van der Waals surface area contributed by atoms with Crippen molar-refractivity contribution in [2.24, 2.45) is 23.2 Å². The molecule has 226 valence electrons. The van der Waals surface area contributed by atoms with E-state index in [0.717, 1.165) is 19.3 Å². The number of nitrogens with one attached hydrogen (secondary N) is 1. The minimum atomic E-state index is -1.92. The molecule has 0 aromatic carbocycles. The van der Waals surface area contributed by atoms with E-state index >= 15 is 0 Å². The van der Waals surface area contributed by atoms with Crippen LogP contribution in [0.15, 0.2) is 0 Å². The first-order chi connectivity index (χ1) is 18.1. The molecule has 3 atom stereocenters. The van der Waals surface area contributed by atoms with E-state index in [1.165, 1.54) is 38.5 Å². The molecular formula is C30H53NO8. The van der Waals surface area contributed by atoms with Crippen LogP contribution in [-0.4, -0.2) is 55.4 Å². The van der Waals surface area contributed by atoms with Crippen molar-refractivity contribution < 1.29 is 39.6 Å². The quantitative estimate of drug-likeness (QED) is 0.110. The molecule has 0 amide bonds. The van der Waals surface area contributed by atoms with Crippen molar-refractivity contribution in [3.05, 3.63) is 0 Å². The summed E-state index contributed by atoms with van der Waals surface area (Å²) in [5, 5.41) is 43.9. The average Bonchev–Trinajstić information content (AvgIpc) is 2.78. The Labute approximate surface area is 234 Å². The monoisotopic (exact) mass is 555 g/mol. The Morgan fingerprint density at radius 1 is 0.744 bits per heavy atom. The Kier molecular flexibility index (Phi) is 13.9. The van der Waals surface area contributed by atoms with Gasteiger partial charge in [0.1, 0.15) is 0 Å². The highest BCUT2D eigenvalue weighted by Gasteiger charge is 2.61. The van der Waals surface area contributed by atoms with Gasteiger partial charge in [-0.15, -0.1) is 0 Å². The van der Waals surface area contributed by atoms with Gasteiger partial charge in [-0.2, -0.15) is 0 Å². The number of carboxylic acid groups (broad SMARTS) is 4. The van der Waals surface area contributed by atoms with Gasteiger partial charge in [0, 0.05) is 11.1 Å².